The fourth-order valence-corrected chi connectivity index (χ4v) is 2.87. The summed E-state index contributed by atoms with van der Waals surface area (Å²) in [4.78, 5) is 23.1. The summed E-state index contributed by atoms with van der Waals surface area (Å²) < 4.78 is 42.6. The molecule has 0 spiro atoms. The summed E-state index contributed by atoms with van der Waals surface area (Å²) in [5.74, 6) is -1.63. The van der Waals surface area contributed by atoms with Gasteiger partial charge in [0, 0.05) is 10.4 Å². The zero-order valence-electron chi connectivity index (χ0n) is 13.7. The van der Waals surface area contributed by atoms with E-state index in [1.165, 1.54) is 12.1 Å². The van der Waals surface area contributed by atoms with Crippen LogP contribution in [0, 0.1) is 0 Å². The number of carbonyl (C=O) groups is 2. The quantitative estimate of drug-likeness (QED) is 0.769. The third kappa shape index (κ3) is 5.32. The lowest BCUT2D eigenvalue weighted by Crippen LogP contribution is -2.42. The maximum absolute atomic E-state index is 12.5. The largest absolute Gasteiger partial charge is 0.455 e. The highest BCUT2D eigenvalue weighted by Crippen LogP contribution is 2.33. The van der Waals surface area contributed by atoms with Crippen LogP contribution in [-0.2, 0) is 0 Å². The Hall–Kier alpha value is -2.35. The number of hydrogen-bond donors (Lipinski definition) is 1. The molecular weight excluding hydrogens is 355 g/mol. The van der Waals surface area contributed by atoms with Crippen molar-refractivity contribution in [3.8, 4) is 16.2 Å². The molecule has 0 radical (unpaired) electrons. The number of Topliss-reactive ketones (excluding diaryl/α,β-unsaturated/α-hetero) is 1. The number of hydrogen-bond acceptors (Lipinski definition) is 4. The number of thiophene rings is 1. The van der Waals surface area contributed by atoms with Crippen LogP contribution in [0.1, 0.15) is 30.4 Å². The monoisotopic (exact) mass is 371 g/mol. The summed E-state index contributed by atoms with van der Waals surface area (Å²) in [5, 5.41) is 2.63. The van der Waals surface area contributed by atoms with Gasteiger partial charge >= 0.3 is 12.3 Å². The van der Waals surface area contributed by atoms with Crippen LogP contribution in [0.25, 0.3) is 10.4 Å². The van der Waals surface area contributed by atoms with Gasteiger partial charge in [0.1, 0.15) is 5.75 Å². The highest BCUT2D eigenvalue weighted by atomic mass is 32.1. The van der Waals surface area contributed by atoms with Crippen LogP contribution >= 0.6 is 11.3 Å². The molecule has 1 aromatic carbocycles. The maximum Gasteiger partial charge on any atom is 0.455 e. The third-order valence-corrected chi connectivity index (χ3v) is 4.03. The van der Waals surface area contributed by atoms with Gasteiger partial charge in [-0.3, -0.25) is 4.79 Å². The first-order valence-electron chi connectivity index (χ1n) is 7.27. The van der Waals surface area contributed by atoms with Gasteiger partial charge in [0.05, 0.1) is 4.88 Å². The van der Waals surface area contributed by atoms with E-state index in [-0.39, 0.29) is 10.6 Å². The molecule has 1 amide bonds. The number of alkyl halides is 3. The van der Waals surface area contributed by atoms with Crippen LogP contribution in [0.4, 0.5) is 18.0 Å². The second kappa shape index (κ2) is 6.87. The number of nitrogens with one attached hydrogen (secondary N) is 1. The zero-order valence-corrected chi connectivity index (χ0v) is 14.5. The maximum atomic E-state index is 12.5. The van der Waals surface area contributed by atoms with Crippen LogP contribution in [0.2, 0.25) is 0 Å². The molecule has 0 aliphatic carbocycles. The van der Waals surface area contributed by atoms with E-state index in [0.29, 0.717) is 10.4 Å². The molecule has 0 aliphatic heterocycles. The van der Waals surface area contributed by atoms with Gasteiger partial charge in [-0.05, 0) is 50.6 Å². The first kappa shape index (κ1) is 19.0. The summed E-state index contributed by atoms with van der Waals surface area (Å²) in [7, 11) is 0. The number of halogens is 3. The average Bonchev–Trinajstić information content (AvgIpc) is 2.93. The van der Waals surface area contributed by atoms with E-state index in [0.717, 1.165) is 17.4 Å². The van der Waals surface area contributed by atoms with Gasteiger partial charge in [-0.1, -0.05) is 12.1 Å². The fraction of sp³-hybridized carbons (Fsp3) is 0.294. The van der Waals surface area contributed by atoms with Crippen LogP contribution in [0.3, 0.4) is 0 Å². The van der Waals surface area contributed by atoms with E-state index in [9.17, 15) is 22.8 Å². The molecule has 134 valence electrons. The Bertz CT molecular complexity index is 791. The van der Waals surface area contributed by atoms with Gasteiger partial charge in [-0.15, -0.1) is 11.3 Å². The number of carbonyl (C=O) groups excluding carboxylic acids is 2. The molecule has 1 aromatic heterocycles. The predicted octanol–water partition coefficient (Wildman–Crippen LogP) is 5.05. The van der Waals surface area contributed by atoms with Crippen molar-refractivity contribution in [3.63, 3.8) is 0 Å². The lowest BCUT2D eigenvalue weighted by atomic mass is 10.1. The lowest BCUT2D eigenvalue weighted by Gasteiger charge is -2.19. The topological polar surface area (TPSA) is 55.4 Å². The van der Waals surface area contributed by atoms with Crippen LogP contribution < -0.4 is 10.1 Å². The van der Waals surface area contributed by atoms with E-state index < -0.39 is 23.6 Å². The Morgan fingerprint density at radius 1 is 1.08 bits per heavy atom. The van der Waals surface area contributed by atoms with Gasteiger partial charge in [0.15, 0.2) is 0 Å². The number of amides is 1. The van der Waals surface area contributed by atoms with Gasteiger partial charge in [0.2, 0.25) is 0 Å². The molecule has 2 rings (SSSR count). The molecule has 0 fully saturated rings. The van der Waals surface area contributed by atoms with E-state index >= 15 is 0 Å². The molecule has 2 aromatic rings. The Morgan fingerprint density at radius 3 is 2.36 bits per heavy atom. The molecule has 0 bridgehead atoms. The molecule has 0 aliphatic rings. The normalized spacial score (nSPS) is 11.9. The van der Waals surface area contributed by atoms with Crippen LogP contribution in [0.5, 0.6) is 5.75 Å². The molecule has 4 nitrogen and oxygen atoms in total. The van der Waals surface area contributed by atoms with Crippen molar-refractivity contribution in [2.24, 2.45) is 0 Å². The van der Waals surface area contributed by atoms with Crippen molar-refractivity contribution in [1.29, 1.82) is 0 Å². The predicted molar refractivity (Wildman–Crippen MR) is 89.1 cm³/mol. The minimum absolute atomic E-state index is 0.247. The molecule has 8 heteroatoms. The molecule has 1 N–H and O–H groups in total. The van der Waals surface area contributed by atoms with Crippen molar-refractivity contribution in [2.75, 3.05) is 0 Å². The van der Waals surface area contributed by atoms with Crippen LogP contribution in [-0.4, -0.2) is 23.6 Å². The summed E-state index contributed by atoms with van der Waals surface area (Å²) in [6, 6.07) is 8.91. The summed E-state index contributed by atoms with van der Waals surface area (Å²) in [5.41, 5.74) is 0.0854. The van der Waals surface area contributed by atoms with E-state index in [4.69, 9.17) is 4.74 Å². The number of ether oxygens (including phenoxy) is 1. The molecule has 0 saturated heterocycles. The van der Waals surface area contributed by atoms with Crippen molar-refractivity contribution in [1.82, 2.24) is 5.32 Å². The SMILES string of the molecule is CC(C)(C)NC(=O)Oc1cccc(-c2ccc(C(=O)C(F)(F)F)s2)c1. The van der Waals surface area contributed by atoms with E-state index in [1.807, 2.05) is 0 Å². The van der Waals surface area contributed by atoms with Crippen molar-refractivity contribution in [3.05, 3.63) is 41.3 Å². The summed E-state index contributed by atoms with van der Waals surface area (Å²) in [6.07, 6.45) is -5.54. The minimum atomic E-state index is -4.90. The zero-order chi connectivity index (χ0) is 18.8. The first-order chi connectivity index (χ1) is 11.5. The number of ketones is 1. The smallest absolute Gasteiger partial charge is 0.410 e. The minimum Gasteiger partial charge on any atom is -0.410 e. The second-order valence-corrected chi connectivity index (χ2v) is 7.37. The van der Waals surface area contributed by atoms with Gasteiger partial charge < -0.3 is 10.1 Å². The summed E-state index contributed by atoms with van der Waals surface area (Å²) in [6.45, 7) is 5.40. The Morgan fingerprint density at radius 2 is 1.76 bits per heavy atom. The van der Waals surface area contributed by atoms with Crippen LogP contribution in [0.15, 0.2) is 36.4 Å². The van der Waals surface area contributed by atoms with Crippen molar-refractivity contribution in [2.45, 2.75) is 32.5 Å². The first-order valence-corrected chi connectivity index (χ1v) is 8.09. The average molecular weight is 371 g/mol. The number of benzene rings is 1. The van der Waals surface area contributed by atoms with Gasteiger partial charge in [-0.2, -0.15) is 13.2 Å². The molecule has 0 unspecified atom stereocenters. The Kier molecular flexibility index (Phi) is 5.22. The number of rotatable bonds is 3. The fourth-order valence-electron chi connectivity index (χ4n) is 1.91. The van der Waals surface area contributed by atoms with E-state index in [2.05, 4.69) is 5.32 Å². The highest BCUT2D eigenvalue weighted by Gasteiger charge is 2.40. The molecule has 1 heterocycles. The Balaban J connectivity index is 2.18. The van der Waals surface area contributed by atoms with Gasteiger partial charge in [-0.25, -0.2) is 4.79 Å². The second-order valence-electron chi connectivity index (χ2n) is 6.28. The third-order valence-electron chi connectivity index (χ3n) is 2.89. The van der Waals surface area contributed by atoms with E-state index in [1.54, 1.807) is 39.0 Å². The Labute approximate surface area is 146 Å². The van der Waals surface area contributed by atoms with Crippen molar-refractivity contribution >= 4 is 23.2 Å². The molecule has 0 saturated carbocycles. The molecular formula is C17H16F3NO3S. The lowest BCUT2D eigenvalue weighted by molar-refractivity contribution is -0.0882. The standard InChI is InChI=1S/C17H16F3NO3S/c1-16(2,3)21-15(23)24-11-6-4-5-10(9-11)12-7-8-13(25-12)14(22)17(18,19)20/h4-9H,1-3H3,(H,21,23). The van der Waals surface area contributed by atoms with Gasteiger partial charge in [0.25, 0.3) is 5.78 Å². The highest BCUT2D eigenvalue weighted by molar-refractivity contribution is 7.17. The van der Waals surface area contributed by atoms with Crippen molar-refractivity contribution < 1.29 is 27.5 Å². The summed E-state index contributed by atoms with van der Waals surface area (Å²) >= 11 is 0.733. The molecule has 0 atom stereocenters. The molecule has 25 heavy (non-hydrogen) atoms.